The quantitative estimate of drug-likeness (QED) is 0.473. The van der Waals surface area contributed by atoms with Crippen LogP contribution in [-0.2, 0) is 0 Å². The van der Waals surface area contributed by atoms with E-state index in [1.165, 1.54) is 11.6 Å². The van der Waals surface area contributed by atoms with Crippen LogP contribution in [0, 0.1) is 0 Å². The van der Waals surface area contributed by atoms with E-state index in [9.17, 15) is 4.79 Å². The predicted octanol–water partition coefficient (Wildman–Crippen LogP) is 3.39. The number of hydrogen-bond acceptors (Lipinski definition) is 6. The number of hydrogen-bond donors (Lipinski definition) is 2. The minimum Gasteiger partial charge on any atom is -0.341 e. The van der Waals surface area contributed by atoms with Gasteiger partial charge in [0.05, 0.1) is 11.9 Å². The number of hydrazone groups is 1. The third kappa shape index (κ3) is 4.91. The molecule has 1 aromatic heterocycles. The van der Waals surface area contributed by atoms with Crippen molar-refractivity contribution in [3.05, 3.63) is 58.8 Å². The molecule has 7 heteroatoms. The molecule has 1 heterocycles. The largest absolute Gasteiger partial charge is 0.349 e. The van der Waals surface area contributed by atoms with Gasteiger partial charge in [0, 0.05) is 13.1 Å². The second kappa shape index (κ2) is 8.93. The van der Waals surface area contributed by atoms with Crippen LogP contribution < -0.4 is 16.0 Å². The van der Waals surface area contributed by atoms with Crippen molar-refractivity contribution in [1.29, 1.82) is 0 Å². The molecule has 2 N–H and O–H groups in total. The van der Waals surface area contributed by atoms with Crippen LogP contribution in [0.2, 0.25) is 0 Å². The van der Waals surface area contributed by atoms with E-state index in [1.807, 2.05) is 35.2 Å². The molecule has 0 bridgehead atoms. The van der Waals surface area contributed by atoms with Gasteiger partial charge in [0.25, 0.3) is 0 Å². The molecule has 0 amide bonds. The Labute approximate surface area is 158 Å². The Balaban J connectivity index is 1.76. The van der Waals surface area contributed by atoms with Gasteiger partial charge in [-0.25, -0.2) is 4.79 Å². The van der Waals surface area contributed by atoms with E-state index in [4.69, 9.17) is 0 Å². The number of H-pyrrole nitrogens is 1. The Morgan fingerprint density at radius 3 is 2.56 bits per heavy atom. The normalized spacial score (nSPS) is 11.2. The first kappa shape index (κ1) is 18.6. The highest BCUT2D eigenvalue weighted by molar-refractivity contribution is 5.85. The smallest absolute Gasteiger partial charge is 0.341 e. The van der Waals surface area contributed by atoms with Crippen molar-refractivity contribution in [2.24, 2.45) is 5.10 Å². The Morgan fingerprint density at radius 2 is 1.81 bits per heavy atom. The van der Waals surface area contributed by atoms with Crippen LogP contribution >= 0.6 is 0 Å². The van der Waals surface area contributed by atoms with Crippen LogP contribution in [0.5, 0.6) is 0 Å². The lowest BCUT2D eigenvalue weighted by atomic mass is 10.1. The van der Waals surface area contributed by atoms with Crippen molar-refractivity contribution in [3.63, 3.8) is 0 Å². The molecule has 0 spiro atoms. The number of nitrogens with one attached hydrogen (secondary N) is 2. The lowest BCUT2D eigenvalue weighted by molar-refractivity contribution is 0.712. The highest BCUT2D eigenvalue weighted by Crippen LogP contribution is 2.18. The molecule has 2 aromatic carbocycles. The van der Waals surface area contributed by atoms with Gasteiger partial charge >= 0.3 is 5.69 Å². The minimum atomic E-state index is -0.427. The summed E-state index contributed by atoms with van der Waals surface area (Å²) < 4.78 is 0. The topological polar surface area (TPSA) is 86.3 Å². The molecule has 0 radical (unpaired) electrons. The summed E-state index contributed by atoms with van der Waals surface area (Å²) in [5, 5.41) is 6.50. The Hall–Kier alpha value is -3.22. The number of benzene rings is 2. The molecular formula is C20H24N6O. The highest BCUT2D eigenvalue weighted by atomic mass is 16.1. The van der Waals surface area contributed by atoms with Gasteiger partial charge in [0.2, 0.25) is 5.95 Å². The summed E-state index contributed by atoms with van der Waals surface area (Å²) in [5.41, 5.74) is 3.41. The average molecular weight is 364 g/mol. The van der Waals surface area contributed by atoms with E-state index >= 15 is 0 Å². The zero-order chi connectivity index (χ0) is 19.1. The van der Waals surface area contributed by atoms with E-state index in [1.54, 1.807) is 0 Å². The van der Waals surface area contributed by atoms with E-state index in [0.717, 1.165) is 37.0 Å². The van der Waals surface area contributed by atoms with Gasteiger partial charge in [-0.15, -0.1) is 0 Å². The number of anilines is 2. The zero-order valence-corrected chi connectivity index (χ0v) is 15.6. The monoisotopic (exact) mass is 364 g/mol. The Morgan fingerprint density at radius 1 is 1.07 bits per heavy atom. The minimum absolute atomic E-state index is 0.371. The van der Waals surface area contributed by atoms with Gasteiger partial charge in [-0.3, -0.25) is 10.4 Å². The van der Waals surface area contributed by atoms with Crippen molar-refractivity contribution in [2.75, 3.05) is 23.4 Å². The summed E-state index contributed by atoms with van der Waals surface area (Å²) in [5.74, 6) is 0.810. The molecule has 0 aliphatic rings. The summed E-state index contributed by atoms with van der Waals surface area (Å²) in [6.45, 7) is 5.80. The molecule has 3 aromatic rings. The fraction of sp³-hybridized carbons (Fsp3) is 0.300. The van der Waals surface area contributed by atoms with Gasteiger partial charge in [-0.05, 0) is 35.7 Å². The summed E-state index contributed by atoms with van der Waals surface area (Å²) in [6.07, 6.45) is 3.42. The molecule has 3 rings (SSSR count). The summed E-state index contributed by atoms with van der Waals surface area (Å²) in [7, 11) is 0. The molecule has 0 saturated carbocycles. The lowest BCUT2D eigenvalue weighted by Gasteiger charge is -2.20. The third-order valence-electron chi connectivity index (χ3n) is 4.06. The Kier molecular flexibility index (Phi) is 6.14. The van der Waals surface area contributed by atoms with Crippen molar-refractivity contribution in [1.82, 2.24) is 15.0 Å². The van der Waals surface area contributed by atoms with Gasteiger partial charge < -0.3 is 4.90 Å². The fourth-order valence-corrected chi connectivity index (χ4v) is 2.87. The van der Waals surface area contributed by atoms with Crippen LogP contribution in [0.25, 0.3) is 10.8 Å². The molecular weight excluding hydrogens is 340 g/mol. The van der Waals surface area contributed by atoms with Crippen molar-refractivity contribution in [3.8, 4) is 0 Å². The molecule has 0 atom stereocenters. The molecule has 7 nitrogen and oxygen atoms in total. The van der Waals surface area contributed by atoms with Crippen LogP contribution in [0.1, 0.15) is 32.5 Å². The maximum Gasteiger partial charge on any atom is 0.349 e. The van der Waals surface area contributed by atoms with Crippen molar-refractivity contribution >= 4 is 28.6 Å². The van der Waals surface area contributed by atoms with Crippen molar-refractivity contribution < 1.29 is 0 Å². The molecule has 0 aliphatic heterocycles. The van der Waals surface area contributed by atoms with Crippen molar-refractivity contribution in [2.45, 2.75) is 26.7 Å². The number of rotatable bonds is 8. The number of aromatic nitrogens is 3. The van der Waals surface area contributed by atoms with Crippen LogP contribution in [-0.4, -0.2) is 34.3 Å². The summed E-state index contributed by atoms with van der Waals surface area (Å²) in [6, 6.07) is 14.1. The lowest BCUT2D eigenvalue weighted by Crippen LogP contribution is -2.30. The van der Waals surface area contributed by atoms with Crippen LogP contribution in [0.4, 0.5) is 11.6 Å². The predicted molar refractivity (Wildman–Crippen MR) is 111 cm³/mol. The molecule has 27 heavy (non-hydrogen) atoms. The number of nitrogens with zero attached hydrogens (tertiary/aromatic N) is 4. The summed E-state index contributed by atoms with van der Waals surface area (Å²) >= 11 is 0. The standard InChI is InChI=1S/C20H24N6O/c1-3-11-26(12-4-2)19-22-18(23-20(27)24-19)14-21-25-17-10-9-15-7-5-6-8-16(15)13-17/h5-10,13-14,25H,3-4,11-12H2,1-2H3,(H,22,23,24,27)/b21-14+. The second-order valence-corrected chi connectivity index (χ2v) is 6.26. The first-order chi connectivity index (χ1) is 13.2. The number of aromatic amines is 1. The van der Waals surface area contributed by atoms with E-state index < -0.39 is 5.69 Å². The maximum absolute atomic E-state index is 11.9. The van der Waals surface area contributed by atoms with Crippen LogP contribution in [0.3, 0.4) is 0 Å². The average Bonchev–Trinajstić information content (AvgIpc) is 2.67. The zero-order valence-electron chi connectivity index (χ0n) is 15.6. The third-order valence-corrected chi connectivity index (χ3v) is 4.06. The fourth-order valence-electron chi connectivity index (χ4n) is 2.87. The highest BCUT2D eigenvalue weighted by Gasteiger charge is 2.09. The number of fused-ring (bicyclic) bond motifs is 1. The Bertz CT molecular complexity index is 975. The second-order valence-electron chi connectivity index (χ2n) is 6.26. The molecule has 0 unspecified atom stereocenters. The first-order valence-electron chi connectivity index (χ1n) is 9.20. The van der Waals surface area contributed by atoms with Gasteiger partial charge in [-0.1, -0.05) is 44.2 Å². The SMILES string of the molecule is CCCN(CCC)c1nc(/C=N/Nc2ccc3ccccc3c2)[nH]c(=O)n1. The van der Waals surface area contributed by atoms with Crippen LogP contribution in [0.15, 0.2) is 52.4 Å². The molecule has 140 valence electrons. The van der Waals surface area contributed by atoms with Gasteiger partial charge in [0.1, 0.15) is 0 Å². The van der Waals surface area contributed by atoms with E-state index in [-0.39, 0.29) is 0 Å². The van der Waals surface area contributed by atoms with E-state index in [0.29, 0.717) is 11.8 Å². The molecule has 0 aliphatic carbocycles. The molecule has 0 fully saturated rings. The maximum atomic E-state index is 11.9. The van der Waals surface area contributed by atoms with E-state index in [2.05, 4.69) is 51.5 Å². The molecule has 0 saturated heterocycles. The summed E-state index contributed by atoms with van der Waals surface area (Å²) in [4.78, 5) is 24.9. The first-order valence-corrected chi connectivity index (χ1v) is 9.20. The van der Waals surface area contributed by atoms with Gasteiger partial charge in [-0.2, -0.15) is 15.1 Å². The van der Waals surface area contributed by atoms with Gasteiger partial charge in [0.15, 0.2) is 5.82 Å².